The molecule has 8 heteroatoms. The Hall–Kier alpha value is -3.10. The zero-order chi connectivity index (χ0) is 21.4. The smallest absolute Gasteiger partial charge is 0.126 e. The second-order valence-electron chi connectivity index (χ2n) is 8.10. The normalized spacial score (nSPS) is 15.2. The fraction of sp³-hybridized carbons (Fsp3) is 0.391. The standard InChI is InChI=1S/C23H27N7O/c1-15-12-17(13-26-23(15)24)18-4-5-19-21(28-18)22-20(14-25-19)27-16(2)30(22)7-3-6-29-8-10-31-11-9-29/h4-5,12-14H,3,6-11H2,1-2H3,(H2,24,26). The molecule has 1 aliphatic heterocycles. The van der Waals surface area contributed by atoms with Gasteiger partial charge in [0.05, 0.1) is 36.1 Å². The summed E-state index contributed by atoms with van der Waals surface area (Å²) in [4.78, 5) is 21.1. The molecule has 8 nitrogen and oxygen atoms in total. The number of morpholine rings is 1. The molecule has 5 rings (SSSR count). The van der Waals surface area contributed by atoms with Gasteiger partial charge in [0.1, 0.15) is 22.7 Å². The number of nitrogens with two attached hydrogens (primary N) is 1. The van der Waals surface area contributed by atoms with Gasteiger partial charge in [-0.2, -0.15) is 0 Å². The predicted octanol–water partition coefficient (Wildman–Crippen LogP) is 2.96. The van der Waals surface area contributed by atoms with Crippen LogP contribution in [0.25, 0.3) is 33.3 Å². The number of imidazole rings is 1. The van der Waals surface area contributed by atoms with Crippen molar-refractivity contribution in [3.8, 4) is 11.3 Å². The highest BCUT2D eigenvalue weighted by Gasteiger charge is 2.15. The summed E-state index contributed by atoms with van der Waals surface area (Å²) >= 11 is 0. The van der Waals surface area contributed by atoms with Crippen molar-refractivity contribution < 1.29 is 4.74 Å². The molecular formula is C23H27N7O. The highest BCUT2D eigenvalue weighted by Crippen LogP contribution is 2.27. The molecule has 2 N–H and O–H groups in total. The van der Waals surface area contributed by atoms with Crippen LogP contribution in [0.15, 0.2) is 30.6 Å². The number of rotatable bonds is 5. The van der Waals surface area contributed by atoms with Gasteiger partial charge in [-0.25, -0.2) is 15.0 Å². The van der Waals surface area contributed by atoms with Crippen molar-refractivity contribution in [2.75, 3.05) is 38.6 Å². The molecule has 5 heterocycles. The van der Waals surface area contributed by atoms with Gasteiger partial charge in [0.25, 0.3) is 0 Å². The minimum absolute atomic E-state index is 0.544. The lowest BCUT2D eigenvalue weighted by atomic mass is 10.1. The number of aromatic nitrogens is 5. The molecule has 0 radical (unpaired) electrons. The SMILES string of the molecule is Cc1cc(-c2ccc3ncc4nc(C)n(CCCN5CCOCC5)c4c3n2)cnc1N. The van der Waals surface area contributed by atoms with Crippen LogP contribution in [0.5, 0.6) is 0 Å². The van der Waals surface area contributed by atoms with Crippen LogP contribution < -0.4 is 5.73 Å². The van der Waals surface area contributed by atoms with Gasteiger partial charge in [-0.1, -0.05) is 0 Å². The molecular weight excluding hydrogens is 390 g/mol. The van der Waals surface area contributed by atoms with E-state index in [9.17, 15) is 0 Å². The second kappa shape index (κ2) is 8.20. The minimum atomic E-state index is 0.544. The first-order chi connectivity index (χ1) is 15.1. The summed E-state index contributed by atoms with van der Waals surface area (Å²) in [7, 11) is 0. The summed E-state index contributed by atoms with van der Waals surface area (Å²) in [6, 6.07) is 6.03. The van der Waals surface area contributed by atoms with Crippen molar-refractivity contribution >= 4 is 27.9 Å². The van der Waals surface area contributed by atoms with Crippen LogP contribution in [0, 0.1) is 13.8 Å². The number of pyridine rings is 3. The Morgan fingerprint density at radius 3 is 2.65 bits per heavy atom. The summed E-state index contributed by atoms with van der Waals surface area (Å²) in [5, 5.41) is 0. The summed E-state index contributed by atoms with van der Waals surface area (Å²) < 4.78 is 7.74. The number of anilines is 1. The maximum absolute atomic E-state index is 5.89. The van der Waals surface area contributed by atoms with Crippen molar-refractivity contribution in [2.45, 2.75) is 26.8 Å². The fourth-order valence-corrected chi connectivity index (χ4v) is 4.22. The summed E-state index contributed by atoms with van der Waals surface area (Å²) in [5.74, 6) is 1.53. The van der Waals surface area contributed by atoms with Gasteiger partial charge >= 0.3 is 0 Å². The Labute approximate surface area is 181 Å². The molecule has 1 aliphatic rings. The average molecular weight is 418 g/mol. The molecule has 0 atom stereocenters. The van der Waals surface area contributed by atoms with E-state index in [0.29, 0.717) is 5.82 Å². The summed E-state index contributed by atoms with van der Waals surface area (Å²) in [6.45, 7) is 9.64. The quantitative estimate of drug-likeness (QED) is 0.533. The Morgan fingerprint density at radius 1 is 1.00 bits per heavy atom. The third-order valence-electron chi connectivity index (χ3n) is 5.98. The van der Waals surface area contributed by atoms with Gasteiger partial charge in [0.15, 0.2) is 0 Å². The number of aryl methyl sites for hydroxylation is 3. The molecule has 0 aliphatic carbocycles. The van der Waals surface area contributed by atoms with Gasteiger partial charge in [-0.3, -0.25) is 9.88 Å². The first kappa shape index (κ1) is 19.8. The maximum atomic E-state index is 5.89. The van der Waals surface area contributed by atoms with E-state index in [4.69, 9.17) is 20.4 Å². The molecule has 31 heavy (non-hydrogen) atoms. The van der Waals surface area contributed by atoms with E-state index < -0.39 is 0 Å². The van der Waals surface area contributed by atoms with Crippen molar-refractivity contribution in [2.24, 2.45) is 0 Å². The molecule has 1 fully saturated rings. The number of nitrogen functional groups attached to an aromatic ring is 1. The molecule has 0 spiro atoms. The van der Waals surface area contributed by atoms with E-state index in [1.54, 1.807) is 6.20 Å². The molecule has 0 unspecified atom stereocenters. The molecule has 0 aromatic carbocycles. The molecule has 4 aromatic rings. The maximum Gasteiger partial charge on any atom is 0.126 e. The molecule has 0 amide bonds. The number of ether oxygens (including phenoxy) is 1. The van der Waals surface area contributed by atoms with Crippen LogP contribution in [-0.2, 0) is 11.3 Å². The van der Waals surface area contributed by atoms with Crippen LogP contribution >= 0.6 is 0 Å². The zero-order valence-corrected chi connectivity index (χ0v) is 18.0. The van der Waals surface area contributed by atoms with E-state index in [1.165, 1.54) is 0 Å². The van der Waals surface area contributed by atoms with Crippen molar-refractivity contribution in [3.05, 3.63) is 42.0 Å². The molecule has 4 aromatic heterocycles. The van der Waals surface area contributed by atoms with E-state index >= 15 is 0 Å². The molecule has 0 saturated carbocycles. The Kier molecular flexibility index (Phi) is 5.25. The second-order valence-corrected chi connectivity index (χ2v) is 8.10. The molecule has 160 valence electrons. The van der Waals surface area contributed by atoms with Crippen molar-refractivity contribution in [1.29, 1.82) is 0 Å². The van der Waals surface area contributed by atoms with Crippen LogP contribution in [0.4, 0.5) is 5.82 Å². The average Bonchev–Trinajstić information content (AvgIpc) is 3.11. The van der Waals surface area contributed by atoms with Gasteiger partial charge in [-0.05, 0) is 44.0 Å². The van der Waals surface area contributed by atoms with Crippen LogP contribution in [0.2, 0.25) is 0 Å². The van der Waals surface area contributed by atoms with Crippen molar-refractivity contribution in [1.82, 2.24) is 29.4 Å². The van der Waals surface area contributed by atoms with Gasteiger partial charge in [0.2, 0.25) is 0 Å². The minimum Gasteiger partial charge on any atom is -0.383 e. The van der Waals surface area contributed by atoms with E-state index in [2.05, 4.69) is 26.4 Å². The fourth-order valence-electron chi connectivity index (χ4n) is 4.22. The predicted molar refractivity (Wildman–Crippen MR) is 122 cm³/mol. The van der Waals surface area contributed by atoms with Crippen LogP contribution in [0.3, 0.4) is 0 Å². The van der Waals surface area contributed by atoms with Gasteiger partial charge < -0.3 is 15.0 Å². The lowest BCUT2D eigenvalue weighted by Gasteiger charge is -2.26. The number of nitrogens with zero attached hydrogens (tertiary/aromatic N) is 6. The van der Waals surface area contributed by atoms with Gasteiger partial charge in [0, 0.05) is 37.9 Å². The number of hydrogen-bond acceptors (Lipinski definition) is 7. The number of fused-ring (bicyclic) bond motifs is 3. The van der Waals surface area contributed by atoms with Crippen LogP contribution in [-0.4, -0.2) is 62.3 Å². The van der Waals surface area contributed by atoms with Crippen LogP contribution in [0.1, 0.15) is 17.8 Å². The summed E-state index contributed by atoms with van der Waals surface area (Å²) in [6.07, 6.45) is 4.67. The lowest BCUT2D eigenvalue weighted by molar-refractivity contribution is 0.0369. The van der Waals surface area contributed by atoms with E-state index in [1.807, 2.05) is 31.3 Å². The van der Waals surface area contributed by atoms with E-state index in [-0.39, 0.29) is 0 Å². The third-order valence-corrected chi connectivity index (χ3v) is 5.98. The molecule has 1 saturated heterocycles. The lowest BCUT2D eigenvalue weighted by Crippen LogP contribution is -2.37. The highest BCUT2D eigenvalue weighted by molar-refractivity contribution is 6.00. The zero-order valence-electron chi connectivity index (χ0n) is 18.0. The monoisotopic (exact) mass is 417 g/mol. The first-order valence-corrected chi connectivity index (χ1v) is 10.8. The topological polar surface area (TPSA) is 95.0 Å². The van der Waals surface area contributed by atoms with E-state index in [0.717, 1.165) is 90.5 Å². The first-order valence-electron chi connectivity index (χ1n) is 10.8. The Bertz CT molecular complexity index is 1240. The highest BCUT2D eigenvalue weighted by atomic mass is 16.5. The molecule has 0 bridgehead atoms. The largest absolute Gasteiger partial charge is 0.383 e. The third kappa shape index (κ3) is 3.84. The Morgan fingerprint density at radius 2 is 1.84 bits per heavy atom. The number of hydrogen-bond donors (Lipinski definition) is 1. The van der Waals surface area contributed by atoms with Crippen molar-refractivity contribution in [3.63, 3.8) is 0 Å². The van der Waals surface area contributed by atoms with Gasteiger partial charge in [-0.15, -0.1) is 0 Å². The Balaban J connectivity index is 1.52. The summed E-state index contributed by atoms with van der Waals surface area (Å²) in [5.41, 5.74) is 12.3.